The van der Waals surface area contributed by atoms with Crippen molar-refractivity contribution in [2.75, 3.05) is 11.7 Å². The summed E-state index contributed by atoms with van der Waals surface area (Å²) in [6, 6.07) is 0. The van der Waals surface area contributed by atoms with Crippen LogP contribution in [0.2, 0.25) is 0 Å². The van der Waals surface area contributed by atoms with Crippen molar-refractivity contribution >= 4 is 24.4 Å². The third-order valence-electron chi connectivity index (χ3n) is 2.19. The Bertz CT molecular complexity index is 549. The largest absolute Gasteiger partial charge is 0.335 e. The van der Waals surface area contributed by atoms with Crippen LogP contribution in [0.4, 0.5) is 0 Å². The van der Waals surface area contributed by atoms with Crippen LogP contribution in [0.25, 0.3) is 0 Å². The molecule has 0 amide bonds. The lowest BCUT2D eigenvalue weighted by Gasteiger charge is -1.91. The van der Waals surface area contributed by atoms with Crippen molar-refractivity contribution in [2.24, 2.45) is 0 Å². The molecule has 0 unspecified atom stereocenters. The molecule has 0 aliphatic rings. The maximum atomic E-state index is 5.43. The van der Waals surface area contributed by atoms with Crippen molar-refractivity contribution in [2.45, 2.75) is 26.7 Å². The van der Waals surface area contributed by atoms with Gasteiger partial charge in [0.2, 0.25) is 9.54 Å². The van der Waals surface area contributed by atoms with Crippen molar-refractivity contribution in [3.8, 4) is 0 Å². The number of aromatic amines is 2. The highest BCUT2D eigenvalue weighted by Gasteiger charge is 1.97. The fraction of sp³-hybridized carbons (Fsp3) is 0.500. The molecule has 0 bridgehead atoms. The molecule has 2 aromatic rings. The predicted octanol–water partition coefficient (Wildman–Crippen LogP) is 0.434. The van der Waals surface area contributed by atoms with Gasteiger partial charge >= 0.3 is 0 Å². The van der Waals surface area contributed by atoms with E-state index in [0.29, 0.717) is 9.54 Å². The molecule has 6 N–H and O–H groups in total. The molecule has 8 nitrogen and oxygen atoms in total. The molecule has 0 fully saturated rings. The van der Waals surface area contributed by atoms with Crippen molar-refractivity contribution in [1.82, 2.24) is 29.7 Å². The van der Waals surface area contributed by atoms with Gasteiger partial charge in [-0.2, -0.15) is 10.2 Å². The quantitative estimate of drug-likeness (QED) is 0.470. The van der Waals surface area contributed by atoms with Crippen LogP contribution in [0, 0.1) is 9.54 Å². The topological polar surface area (TPSA) is 119 Å². The zero-order valence-corrected chi connectivity index (χ0v) is 11.8. The summed E-state index contributed by atoms with van der Waals surface area (Å²) < 4.78 is 3.67. The van der Waals surface area contributed by atoms with Crippen LogP contribution in [-0.4, -0.2) is 29.7 Å². The van der Waals surface area contributed by atoms with Crippen molar-refractivity contribution < 1.29 is 0 Å². The van der Waals surface area contributed by atoms with Gasteiger partial charge in [-0.25, -0.2) is 9.35 Å². The van der Waals surface area contributed by atoms with Crippen LogP contribution in [0.15, 0.2) is 0 Å². The zero-order valence-electron chi connectivity index (χ0n) is 10.2. The third kappa shape index (κ3) is 3.17. The molecule has 0 saturated carbocycles. The first-order valence-corrected chi connectivity index (χ1v) is 6.15. The van der Waals surface area contributed by atoms with Gasteiger partial charge in [-0.3, -0.25) is 10.2 Å². The van der Waals surface area contributed by atoms with Gasteiger partial charge in [0.25, 0.3) is 0 Å². The van der Waals surface area contributed by atoms with Crippen LogP contribution in [0.5, 0.6) is 0 Å². The Hall–Kier alpha value is -1.68. The molecule has 0 aromatic carbocycles. The summed E-state index contributed by atoms with van der Waals surface area (Å²) in [6.07, 6.45) is 1.59. The number of H-pyrrole nitrogens is 2. The molecule has 0 atom stereocenters. The first-order valence-electron chi connectivity index (χ1n) is 5.33. The second-order valence-corrected chi connectivity index (χ2v) is 4.11. The number of nitrogens with one attached hydrogen (secondary N) is 2. The molecular formula is C8H16N8S2. The van der Waals surface area contributed by atoms with Crippen LogP contribution in [0.1, 0.15) is 25.5 Å². The minimum Gasteiger partial charge on any atom is -0.335 e. The lowest BCUT2D eigenvalue weighted by Crippen LogP contribution is -2.11. The van der Waals surface area contributed by atoms with Gasteiger partial charge in [-0.15, -0.1) is 0 Å². The Morgan fingerprint density at radius 2 is 1.28 bits per heavy atom. The number of nitrogen functional groups attached to an aromatic ring is 2. The van der Waals surface area contributed by atoms with Gasteiger partial charge in [0.05, 0.1) is 0 Å². The number of nitrogens with zero attached hydrogens (tertiary/aromatic N) is 4. The molecule has 2 rings (SSSR count). The molecule has 0 aliphatic heterocycles. The number of aryl methyl sites for hydroxylation is 2. The van der Waals surface area contributed by atoms with E-state index in [1.54, 1.807) is 0 Å². The molecular weight excluding hydrogens is 272 g/mol. The minimum absolute atomic E-state index is 0.465. The number of hydrogen-bond donors (Lipinski definition) is 4. The molecule has 2 heterocycles. The van der Waals surface area contributed by atoms with Gasteiger partial charge < -0.3 is 11.7 Å². The summed E-state index contributed by atoms with van der Waals surface area (Å²) in [6.45, 7) is 3.93. The zero-order chi connectivity index (χ0) is 13.7. The van der Waals surface area contributed by atoms with Crippen LogP contribution in [-0.2, 0) is 12.8 Å². The summed E-state index contributed by atoms with van der Waals surface area (Å²) in [5.74, 6) is 12.4. The fourth-order valence-electron chi connectivity index (χ4n) is 1.17. The molecule has 0 saturated heterocycles. The highest BCUT2D eigenvalue weighted by molar-refractivity contribution is 7.71. The van der Waals surface area contributed by atoms with Gasteiger partial charge in [0.15, 0.2) is 0 Å². The third-order valence-corrected chi connectivity index (χ3v) is 2.76. The molecule has 18 heavy (non-hydrogen) atoms. The van der Waals surface area contributed by atoms with E-state index in [4.69, 9.17) is 36.1 Å². The second kappa shape index (κ2) is 6.31. The molecule has 2 aromatic heterocycles. The Balaban J connectivity index is 0.000000180. The fourth-order valence-corrected chi connectivity index (χ4v) is 1.48. The van der Waals surface area contributed by atoms with E-state index in [1.165, 1.54) is 9.35 Å². The SMILES string of the molecule is CCc1n[nH]c(=S)n1N.CCc1n[nH]c(=S)n1N. The maximum absolute atomic E-state index is 5.43. The van der Waals surface area contributed by atoms with Gasteiger partial charge in [0, 0.05) is 12.8 Å². The van der Waals surface area contributed by atoms with E-state index in [-0.39, 0.29) is 0 Å². The Kier molecular flexibility index (Phi) is 5.04. The van der Waals surface area contributed by atoms with Crippen LogP contribution >= 0.6 is 24.4 Å². The van der Waals surface area contributed by atoms with Crippen molar-refractivity contribution in [3.05, 3.63) is 21.2 Å². The average molecular weight is 288 g/mol. The van der Waals surface area contributed by atoms with E-state index >= 15 is 0 Å². The molecule has 0 radical (unpaired) electrons. The van der Waals surface area contributed by atoms with E-state index in [1.807, 2.05) is 13.8 Å². The summed E-state index contributed by atoms with van der Waals surface area (Å²) >= 11 is 9.52. The molecule has 0 spiro atoms. The maximum Gasteiger partial charge on any atom is 0.214 e. The Morgan fingerprint density at radius 3 is 1.39 bits per heavy atom. The standard InChI is InChI=1S/2C4H8N4S/c2*1-2-3-6-7-4(9)8(3)5/h2*2,5H2,1H3,(H,7,9). The van der Waals surface area contributed by atoms with E-state index in [2.05, 4.69) is 20.4 Å². The number of aromatic nitrogens is 6. The van der Waals surface area contributed by atoms with Crippen molar-refractivity contribution in [1.29, 1.82) is 0 Å². The summed E-state index contributed by atoms with van der Waals surface area (Å²) in [5, 5.41) is 12.9. The Labute approximate surface area is 114 Å². The first-order chi connectivity index (χ1) is 8.51. The number of nitrogens with two attached hydrogens (primary N) is 2. The van der Waals surface area contributed by atoms with Gasteiger partial charge in [-0.05, 0) is 24.4 Å². The average Bonchev–Trinajstić information content (AvgIpc) is 2.86. The highest BCUT2D eigenvalue weighted by atomic mass is 32.1. The molecule has 0 aliphatic carbocycles. The smallest absolute Gasteiger partial charge is 0.214 e. The van der Waals surface area contributed by atoms with Crippen LogP contribution < -0.4 is 11.7 Å². The van der Waals surface area contributed by atoms with Gasteiger partial charge in [-0.1, -0.05) is 13.8 Å². The summed E-state index contributed by atoms with van der Waals surface area (Å²) in [5.41, 5.74) is 0. The monoisotopic (exact) mass is 288 g/mol. The Morgan fingerprint density at radius 1 is 0.944 bits per heavy atom. The lowest BCUT2D eigenvalue weighted by molar-refractivity contribution is 0.849. The second-order valence-electron chi connectivity index (χ2n) is 3.34. The number of hydrogen-bond acceptors (Lipinski definition) is 6. The predicted molar refractivity (Wildman–Crippen MR) is 73.9 cm³/mol. The molecule has 10 heteroatoms. The minimum atomic E-state index is 0.465. The summed E-state index contributed by atoms with van der Waals surface area (Å²) in [4.78, 5) is 0. The lowest BCUT2D eigenvalue weighted by atomic mass is 10.5. The first kappa shape index (κ1) is 14.4. The van der Waals surface area contributed by atoms with Gasteiger partial charge in [0.1, 0.15) is 11.6 Å². The number of rotatable bonds is 2. The highest BCUT2D eigenvalue weighted by Crippen LogP contribution is 1.91. The van der Waals surface area contributed by atoms with Crippen LogP contribution in [0.3, 0.4) is 0 Å². The molecule has 100 valence electrons. The van der Waals surface area contributed by atoms with Crippen molar-refractivity contribution in [3.63, 3.8) is 0 Å². The van der Waals surface area contributed by atoms with E-state index < -0.39 is 0 Å². The van der Waals surface area contributed by atoms with E-state index in [9.17, 15) is 0 Å². The van der Waals surface area contributed by atoms with E-state index in [0.717, 1.165) is 24.5 Å². The summed E-state index contributed by atoms with van der Waals surface area (Å²) in [7, 11) is 0. The normalized spacial score (nSPS) is 9.89.